The fourth-order valence-corrected chi connectivity index (χ4v) is 6.04. The zero-order valence-electron chi connectivity index (χ0n) is 18.4. The minimum Gasteiger partial charge on any atom is -0.455 e. The van der Waals surface area contributed by atoms with Crippen LogP contribution in [0.1, 0.15) is 0 Å². The van der Waals surface area contributed by atoms with Crippen molar-refractivity contribution in [3.05, 3.63) is 121 Å². The lowest BCUT2D eigenvalue weighted by atomic mass is 9.94. The number of hydrogen-bond donors (Lipinski definition) is 0. The topological polar surface area (TPSA) is 13.1 Å². The van der Waals surface area contributed by atoms with Crippen molar-refractivity contribution in [3.63, 3.8) is 0 Å². The van der Waals surface area contributed by atoms with Crippen molar-refractivity contribution in [2.75, 3.05) is 0 Å². The molecule has 5 aromatic carbocycles. The molecule has 160 valence electrons. The standard InChI is InChI=1S/C32H20OS/c1-3-11-21(12-4-1)26-20-30-27(23-15-9-10-18-29(23)34-30)19-28(26)32-25-17-8-7-16-24(25)31(33-32)22-13-5-2-6-14-22/h1-20H. The van der Waals surface area contributed by atoms with E-state index in [1.165, 1.54) is 31.3 Å². The molecule has 7 aromatic rings. The lowest BCUT2D eigenvalue weighted by molar-refractivity contribution is 0.602. The average molecular weight is 453 g/mol. The van der Waals surface area contributed by atoms with Crippen LogP contribution in [0.2, 0.25) is 0 Å². The lowest BCUT2D eigenvalue weighted by Crippen LogP contribution is -1.85. The Morgan fingerprint density at radius 2 is 1.00 bits per heavy atom. The van der Waals surface area contributed by atoms with E-state index in [2.05, 4.69) is 115 Å². The molecule has 1 nitrogen and oxygen atoms in total. The molecule has 0 atom stereocenters. The van der Waals surface area contributed by atoms with Gasteiger partial charge in [-0.15, -0.1) is 11.3 Å². The van der Waals surface area contributed by atoms with Crippen molar-refractivity contribution < 1.29 is 4.42 Å². The van der Waals surface area contributed by atoms with Crippen LogP contribution >= 0.6 is 11.3 Å². The van der Waals surface area contributed by atoms with Crippen molar-refractivity contribution >= 4 is 42.3 Å². The summed E-state index contributed by atoms with van der Waals surface area (Å²) in [5.74, 6) is 1.84. The monoisotopic (exact) mass is 452 g/mol. The minimum atomic E-state index is 0.917. The Hall–Kier alpha value is -4.14. The Bertz CT molecular complexity index is 1790. The molecule has 0 amide bonds. The molecule has 0 radical (unpaired) electrons. The second kappa shape index (κ2) is 7.72. The molecular weight excluding hydrogens is 432 g/mol. The summed E-state index contributed by atoms with van der Waals surface area (Å²) >= 11 is 1.85. The SMILES string of the molecule is c1ccc(-c2cc3sc4ccccc4c3cc2-c2oc(-c3ccccc3)c3ccccc23)cc1. The summed E-state index contributed by atoms with van der Waals surface area (Å²) < 4.78 is 9.34. The third-order valence-electron chi connectivity index (χ3n) is 6.50. The molecule has 0 saturated carbocycles. The van der Waals surface area contributed by atoms with Gasteiger partial charge in [0.25, 0.3) is 0 Å². The molecule has 0 bridgehead atoms. The van der Waals surface area contributed by atoms with E-state index in [-0.39, 0.29) is 0 Å². The molecule has 0 aliphatic carbocycles. The van der Waals surface area contributed by atoms with Crippen LogP contribution in [0.4, 0.5) is 0 Å². The van der Waals surface area contributed by atoms with Gasteiger partial charge in [0.05, 0.1) is 0 Å². The fourth-order valence-electron chi connectivity index (χ4n) is 4.91. The van der Waals surface area contributed by atoms with Gasteiger partial charge in [0, 0.05) is 42.1 Å². The van der Waals surface area contributed by atoms with Crippen LogP contribution in [-0.2, 0) is 0 Å². The van der Waals surface area contributed by atoms with Crippen LogP contribution in [-0.4, -0.2) is 0 Å². The predicted molar refractivity (Wildman–Crippen MR) is 145 cm³/mol. The smallest absolute Gasteiger partial charge is 0.143 e. The van der Waals surface area contributed by atoms with Gasteiger partial charge in [-0.05, 0) is 29.3 Å². The number of rotatable bonds is 3. The first kappa shape index (κ1) is 19.3. The van der Waals surface area contributed by atoms with E-state index < -0.39 is 0 Å². The third-order valence-corrected chi connectivity index (χ3v) is 7.64. The first-order valence-electron chi connectivity index (χ1n) is 11.4. The van der Waals surface area contributed by atoms with Crippen LogP contribution in [0.15, 0.2) is 126 Å². The van der Waals surface area contributed by atoms with E-state index >= 15 is 0 Å². The minimum absolute atomic E-state index is 0.917. The Kier molecular flexibility index (Phi) is 4.39. The average Bonchev–Trinajstić information content (AvgIpc) is 3.47. The molecule has 0 spiro atoms. The molecule has 0 aliphatic rings. The first-order valence-corrected chi connectivity index (χ1v) is 12.3. The van der Waals surface area contributed by atoms with Gasteiger partial charge in [0.15, 0.2) is 0 Å². The summed E-state index contributed by atoms with van der Waals surface area (Å²) in [6.07, 6.45) is 0. The normalized spacial score (nSPS) is 11.5. The number of benzene rings is 5. The van der Waals surface area contributed by atoms with E-state index in [1.54, 1.807) is 0 Å². The number of hydrogen-bond acceptors (Lipinski definition) is 2. The second-order valence-corrected chi connectivity index (χ2v) is 9.61. The predicted octanol–water partition coefficient (Wildman–Crippen LogP) is 9.80. The van der Waals surface area contributed by atoms with Crippen LogP contribution in [0.3, 0.4) is 0 Å². The fraction of sp³-hybridized carbons (Fsp3) is 0. The van der Waals surface area contributed by atoms with Crippen molar-refractivity contribution in [1.82, 2.24) is 0 Å². The quantitative estimate of drug-likeness (QED) is 0.260. The Morgan fingerprint density at radius 1 is 0.412 bits per heavy atom. The van der Waals surface area contributed by atoms with Crippen LogP contribution in [0.5, 0.6) is 0 Å². The summed E-state index contributed by atoms with van der Waals surface area (Å²) in [5.41, 5.74) is 4.60. The Balaban J connectivity index is 1.59. The summed E-state index contributed by atoms with van der Waals surface area (Å²) in [4.78, 5) is 0. The highest BCUT2D eigenvalue weighted by Crippen LogP contribution is 2.46. The van der Waals surface area contributed by atoms with Crippen molar-refractivity contribution in [2.24, 2.45) is 0 Å². The molecule has 0 unspecified atom stereocenters. The van der Waals surface area contributed by atoms with Gasteiger partial charge in [-0.3, -0.25) is 0 Å². The summed E-state index contributed by atoms with van der Waals surface area (Å²) in [7, 11) is 0. The van der Waals surface area contributed by atoms with Gasteiger partial charge in [-0.25, -0.2) is 0 Å². The largest absolute Gasteiger partial charge is 0.455 e. The highest BCUT2D eigenvalue weighted by atomic mass is 32.1. The highest BCUT2D eigenvalue weighted by molar-refractivity contribution is 7.25. The molecule has 2 heteroatoms. The first-order chi connectivity index (χ1) is 16.9. The molecule has 0 fully saturated rings. The van der Waals surface area contributed by atoms with E-state index in [9.17, 15) is 0 Å². The molecular formula is C32H20OS. The van der Waals surface area contributed by atoms with Crippen molar-refractivity contribution in [2.45, 2.75) is 0 Å². The molecule has 2 heterocycles. The lowest BCUT2D eigenvalue weighted by Gasteiger charge is -2.10. The van der Waals surface area contributed by atoms with Crippen LogP contribution in [0.25, 0.3) is 64.7 Å². The van der Waals surface area contributed by atoms with E-state index in [0.717, 1.165) is 33.4 Å². The van der Waals surface area contributed by atoms with E-state index in [0.29, 0.717) is 0 Å². The Morgan fingerprint density at radius 3 is 1.74 bits per heavy atom. The van der Waals surface area contributed by atoms with Gasteiger partial charge in [-0.2, -0.15) is 0 Å². The number of furan rings is 1. The van der Waals surface area contributed by atoms with Crippen LogP contribution in [0, 0.1) is 0 Å². The van der Waals surface area contributed by atoms with Crippen LogP contribution < -0.4 is 0 Å². The zero-order valence-corrected chi connectivity index (χ0v) is 19.2. The van der Waals surface area contributed by atoms with Crippen molar-refractivity contribution in [3.8, 4) is 33.8 Å². The van der Waals surface area contributed by atoms with E-state index in [1.807, 2.05) is 17.4 Å². The third kappa shape index (κ3) is 3.00. The van der Waals surface area contributed by atoms with Gasteiger partial charge < -0.3 is 4.42 Å². The van der Waals surface area contributed by atoms with Gasteiger partial charge in [0.1, 0.15) is 11.5 Å². The van der Waals surface area contributed by atoms with Gasteiger partial charge in [0.2, 0.25) is 0 Å². The molecule has 2 aromatic heterocycles. The van der Waals surface area contributed by atoms with E-state index in [4.69, 9.17) is 4.42 Å². The maximum absolute atomic E-state index is 6.74. The number of thiophene rings is 1. The maximum atomic E-state index is 6.74. The molecule has 0 aliphatic heterocycles. The molecule has 34 heavy (non-hydrogen) atoms. The summed E-state index contributed by atoms with van der Waals surface area (Å²) in [6, 6.07) is 42.9. The second-order valence-electron chi connectivity index (χ2n) is 8.53. The highest BCUT2D eigenvalue weighted by Gasteiger charge is 2.20. The molecule has 0 N–H and O–H groups in total. The number of fused-ring (bicyclic) bond motifs is 4. The zero-order chi connectivity index (χ0) is 22.5. The van der Waals surface area contributed by atoms with Gasteiger partial charge >= 0.3 is 0 Å². The summed E-state index contributed by atoms with van der Waals surface area (Å²) in [5, 5.41) is 4.84. The molecule has 0 saturated heterocycles. The molecule has 7 rings (SSSR count). The van der Waals surface area contributed by atoms with Crippen molar-refractivity contribution in [1.29, 1.82) is 0 Å². The maximum Gasteiger partial charge on any atom is 0.143 e. The van der Waals surface area contributed by atoms with Gasteiger partial charge in [-0.1, -0.05) is 103 Å². The Labute approximate surface area is 201 Å². The summed E-state index contributed by atoms with van der Waals surface area (Å²) in [6.45, 7) is 0.